The molecule has 3 heteroatoms. The zero-order valence-corrected chi connectivity index (χ0v) is 16.9. The van der Waals surface area contributed by atoms with Gasteiger partial charge < -0.3 is 10.2 Å². The first-order chi connectivity index (χ1) is 12.1. The van der Waals surface area contributed by atoms with Crippen molar-refractivity contribution < 1.29 is 10.2 Å². The molecule has 1 aromatic heterocycles. The highest BCUT2D eigenvalue weighted by molar-refractivity contribution is 5.47. The van der Waals surface area contributed by atoms with Gasteiger partial charge in [-0.1, -0.05) is 57.5 Å². The van der Waals surface area contributed by atoms with E-state index >= 15 is 0 Å². The molecule has 2 atom stereocenters. The van der Waals surface area contributed by atoms with Crippen LogP contribution in [0.5, 0.6) is 0 Å². The van der Waals surface area contributed by atoms with Crippen LogP contribution < -0.4 is 0 Å². The molecule has 1 aromatic carbocycles. The first-order valence-electron chi connectivity index (χ1n) is 9.59. The Bertz CT molecular complexity index is 806. The monoisotopic (exact) mass is 354 g/mol. The van der Waals surface area contributed by atoms with E-state index in [1.807, 2.05) is 31.2 Å². The average Bonchev–Trinajstić information content (AvgIpc) is 2.52. The van der Waals surface area contributed by atoms with Gasteiger partial charge >= 0.3 is 0 Å². The molecule has 0 spiro atoms. The van der Waals surface area contributed by atoms with Crippen LogP contribution >= 0.6 is 0 Å². The molecule has 0 saturated heterocycles. The Hall–Kier alpha value is -1.71. The highest BCUT2D eigenvalue weighted by atomic mass is 16.3. The lowest BCUT2D eigenvalue weighted by molar-refractivity contribution is 0.0968. The number of benzene rings is 1. The van der Waals surface area contributed by atoms with Gasteiger partial charge in [-0.2, -0.15) is 0 Å². The quantitative estimate of drug-likeness (QED) is 0.816. The molecule has 1 aliphatic rings. The van der Waals surface area contributed by atoms with Gasteiger partial charge in [0.2, 0.25) is 0 Å². The number of rotatable bonds is 3. The van der Waals surface area contributed by atoms with E-state index in [9.17, 15) is 5.11 Å². The van der Waals surface area contributed by atoms with Crippen molar-refractivity contribution in [2.75, 3.05) is 0 Å². The minimum absolute atomic E-state index is 0.101. The molecule has 3 nitrogen and oxygen atoms in total. The van der Waals surface area contributed by atoms with Crippen LogP contribution in [0.25, 0.3) is 0 Å². The molecular weight excluding hydrogens is 322 g/mol. The van der Waals surface area contributed by atoms with Crippen molar-refractivity contribution in [3.05, 3.63) is 63.5 Å². The standard InChI is InChI=1S/C23H31NO2/c1-13(2)21-20(22(26)16-9-7-14(3)8-10-16)15(4)19-17(24-21)11-23(5,6)12-18(19)25/h7-10,13,18,22,25-26H,11-12H2,1-6H3/p+1/t18?,22-/m0/s1. The molecule has 2 aromatic rings. The maximum Gasteiger partial charge on any atom is 0.182 e. The third kappa shape index (κ3) is 3.43. The number of aryl methyl sites for hydroxylation is 1. The van der Waals surface area contributed by atoms with E-state index in [-0.39, 0.29) is 17.4 Å². The van der Waals surface area contributed by atoms with Crippen molar-refractivity contribution in [1.29, 1.82) is 0 Å². The van der Waals surface area contributed by atoms with E-state index in [1.165, 1.54) is 5.56 Å². The van der Waals surface area contributed by atoms with Gasteiger partial charge in [-0.3, -0.25) is 4.98 Å². The van der Waals surface area contributed by atoms with Crippen LogP contribution in [0.15, 0.2) is 24.3 Å². The Balaban J connectivity index is 2.19. The third-order valence-electron chi connectivity index (χ3n) is 5.61. The third-order valence-corrected chi connectivity index (χ3v) is 5.61. The second-order valence-corrected chi connectivity index (χ2v) is 8.96. The molecule has 0 fully saturated rings. The number of nitrogens with zero attached hydrogens (tertiary/aromatic N) is 1. The molecule has 0 aliphatic heterocycles. The van der Waals surface area contributed by atoms with E-state index in [2.05, 4.69) is 34.6 Å². The Labute approximate surface area is 157 Å². The molecule has 0 saturated carbocycles. The summed E-state index contributed by atoms with van der Waals surface area (Å²) in [4.78, 5) is 5.00. The lowest BCUT2D eigenvalue weighted by atomic mass is 9.72. The highest BCUT2D eigenvalue weighted by Crippen LogP contribution is 2.44. The maximum atomic E-state index is 11.2. The van der Waals surface area contributed by atoms with Crippen molar-refractivity contribution in [2.45, 2.75) is 72.5 Å². The van der Waals surface area contributed by atoms with Crippen LogP contribution in [-0.4, -0.2) is 15.2 Å². The number of pyridine rings is 1. The summed E-state index contributed by atoms with van der Waals surface area (Å²) < 4.78 is 0. The van der Waals surface area contributed by atoms with Gasteiger partial charge in [0.1, 0.15) is 6.10 Å². The molecule has 1 unspecified atom stereocenters. The fourth-order valence-electron chi connectivity index (χ4n) is 4.30. The van der Waals surface area contributed by atoms with Crippen molar-refractivity contribution in [1.82, 2.24) is 4.98 Å². The Morgan fingerprint density at radius 1 is 1.15 bits per heavy atom. The lowest BCUT2D eigenvalue weighted by Crippen LogP contribution is -2.29. The van der Waals surface area contributed by atoms with E-state index < -0.39 is 6.10 Å². The summed E-state index contributed by atoms with van der Waals surface area (Å²) in [6.07, 6.45) is 0.766. The number of aliphatic hydroxyl groups is 1. The number of fused-ring (bicyclic) bond motifs is 1. The molecule has 140 valence electrons. The second-order valence-electron chi connectivity index (χ2n) is 8.96. The van der Waals surface area contributed by atoms with Crippen LogP contribution in [-0.2, 0) is 6.42 Å². The predicted molar refractivity (Wildman–Crippen MR) is 107 cm³/mol. The van der Waals surface area contributed by atoms with Gasteiger partial charge in [0.25, 0.3) is 0 Å². The van der Waals surface area contributed by atoms with E-state index in [0.717, 1.165) is 46.5 Å². The Morgan fingerprint density at radius 2 is 1.77 bits per heavy atom. The van der Waals surface area contributed by atoms with Crippen molar-refractivity contribution in [3.8, 4) is 0 Å². The summed E-state index contributed by atoms with van der Waals surface area (Å²) in [5, 5.41) is 19.9. The Morgan fingerprint density at radius 3 is 2.35 bits per heavy atom. The minimum atomic E-state index is -0.701. The molecular formula is C23H32NO2+. The molecule has 1 aliphatic carbocycles. The van der Waals surface area contributed by atoms with Crippen LogP contribution in [0, 0.1) is 19.3 Å². The molecule has 3 rings (SSSR count). The molecule has 1 heterocycles. The van der Waals surface area contributed by atoms with Crippen molar-refractivity contribution in [3.63, 3.8) is 0 Å². The summed E-state index contributed by atoms with van der Waals surface area (Å²) in [6, 6.07) is 8.05. The van der Waals surface area contributed by atoms with Gasteiger partial charge in [0, 0.05) is 17.7 Å². The first-order valence-corrected chi connectivity index (χ1v) is 9.59. The molecule has 0 amide bonds. The first kappa shape index (κ1) is 19.1. The zero-order valence-electron chi connectivity index (χ0n) is 16.9. The van der Waals surface area contributed by atoms with Crippen molar-refractivity contribution >= 4 is 0 Å². The largest absolute Gasteiger partial charge is 0.440 e. The minimum Gasteiger partial charge on any atom is -0.440 e. The van der Waals surface area contributed by atoms with Gasteiger partial charge in [0.05, 0.1) is 11.3 Å². The maximum absolute atomic E-state index is 11.2. The van der Waals surface area contributed by atoms with E-state index in [0.29, 0.717) is 0 Å². The van der Waals surface area contributed by atoms with Crippen LogP contribution in [0.2, 0.25) is 0 Å². The smallest absolute Gasteiger partial charge is 0.182 e. The average molecular weight is 355 g/mol. The summed E-state index contributed by atoms with van der Waals surface area (Å²) in [6.45, 7) is 12.8. The summed E-state index contributed by atoms with van der Waals surface area (Å²) in [5.41, 5.74) is 7.20. The summed E-state index contributed by atoms with van der Waals surface area (Å²) in [7, 11) is 0. The van der Waals surface area contributed by atoms with Crippen LogP contribution in [0.1, 0.15) is 91.4 Å². The van der Waals surface area contributed by atoms with E-state index in [1.54, 1.807) is 0 Å². The fraction of sp³-hybridized carbons (Fsp3) is 0.522. The predicted octanol–water partition coefficient (Wildman–Crippen LogP) is 4.64. The van der Waals surface area contributed by atoms with Crippen molar-refractivity contribution in [2.24, 2.45) is 5.41 Å². The van der Waals surface area contributed by atoms with Gasteiger partial charge in [-0.05, 0) is 42.7 Å². The van der Waals surface area contributed by atoms with Gasteiger partial charge in [-0.15, -0.1) is 0 Å². The SMILES string of the molecule is Cc1ccc([C@H](O)c2c(C(C)C)nc3c(c2C)C([OH2+])CC(C)(C)C3)cc1. The molecule has 3 N–H and O–H groups in total. The Kier molecular flexibility index (Phi) is 4.98. The topological polar surface area (TPSA) is 56.0 Å². The molecule has 0 bridgehead atoms. The normalized spacial score (nSPS) is 20.1. The summed E-state index contributed by atoms with van der Waals surface area (Å²) in [5.74, 6) is 0.225. The zero-order chi connectivity index (χ0) is 19.2. The number of hydrogen-bond acceptors (Lipinski definition) is 2. The van der Waals surface area contributed by atoms with Gasteiger partial charge in [-0.25, -0.2) is 0 Å². The summed E-state index contributed by atoms with van der Waals surface area (Å²) >= 11 is 0. The van der Waals surface area contributed by atoms with Crippen LogP contribution in [0.3, 0.4) is 0 Å². The number of hydrogen-bond donors (Lipinski definition) is 1. The van der Waals surface area contributed by atoms with Gasteiger partial charge in [0.15, 0.2) is 6.10 Å². The van der Waals surface area contributed by atoms with E-state index in [4.69, 9.17) is 10.1 Å². The lowest BCUT2D eigenvalue weighted by Gasteiger charge is -2.34. The number of aliphatic hydroxyl groups excluding tert-OH is 1. The molecule has 0 radical (unpaired) electrons. The molecule has 26 heavy (non-hydrogen) atoms. The second kappa shape index (κ2) is 6.79. The number of aromatic nitrogens is 1. The van der Waals surface area contributed by atoms with Crippen LogP contribution in [0.4, 0.5) is 0 Å². The fourth-order valence-corrected chi connectivity index (χ4v) is 4.30. The highest BCUT2D eigenvalue weighted by Gasteiger charge is 2.38.